The minimum absolute atomic E-state index is 0.134. The summed E-state index contributed by atoms with van der Waals surface area (Å²) in [5, 5.41) is 2.58. The molecule has 1 N–H and O–H groups in total. The van der Waals surface area contributed by atoms with E-state index >= 15 is 0 Å². The minimum atomic E-state index is -0.371. The highest BCUT2D eigenvalue weighted by atomic mass is 79.9. The lowest BCUT2D eigenvalue weighted by Crippen LogP contribution is -2.29. The molecule has 17 heavy (non-hydrogen) atoms. The normalized spacial score (nSPS) is 9.82. The second-order valence-corrected chi connectivity index (χ2v) is 5.13. The SMILES string of the molecule is C=C(Br)CNC(=O)COc1ccc(F)cc1Br. The molecule has 6 heteroatoms. The first-order valence-electron chi connectivity index (χ1n) is 4.67. The van der Waals surface area contributed by atoms with Gasteiger partial charge in [-0.2, -0.15) is 0 Å². The Hall–Kier alpha value is -0.880. The van der Waals surface area contributed by atoms with Crippen molar-refractivity contribution >= 4 is 37.8 Å². The lowest BCUT2D eigenvalue weighted by molar-refractivity contribution is -0.122. The molecule has 1 rings (SSSR count). The summed E-state index contributed by atoms with van der Waals surface area (Å²) < 4.78 is 19.1. The van der Waals surface area contributed by atoms with Gasteiger partial charge >= 0.3 is 0 Å². The van der Waals surface area contributed by atoms with E-state index in [1.807, 2.05) is 0 Å². The van der Waals surface area contributed by atoms with Gasteiger partial charge in [0, 0.05) is 11.0 Å². The summed E-state index contributed by atoms with van der Waals surface area (Å²) in [6.07, 6.45) is 0. The minimum Gasteiger partial charge on any atom is -0.483 e. The Bertz CT molecular complexity index is 437. The molecule has 0 saturated carbocycles. The van der Waals surface area contributed by atoms with Crippen molar-refractivity contribution in [3.8, 4) is 5.75 Å². The van der Waals surface area contributed by atoms with Crippen LogP contribution in [-0.2, 0) is 4.79 Å². The third-order valence-electron chi connectivity index (χ3n) is 1.73. The first kappa shape index (κ1) is 14.2. The lowest BCUT2D eigenvalue weighted by Gasteiger charge is -2.08. The molecule has 0 fully saturated rings. The average molecular weight is 367 g/mol. The van der Waals surface area contributed by atoms with Crippen LogP contribution in [0.15, 0.2) is 33.7 Å². The zero-order valence-corrected chi connectivity index (χ0v) is 12.0. The highest BCUT2D eigenvalue weighted by molar-refractivity contribution is 9.11. The van der Waals surface area contributed by atoms with Crippen LogP contribution in [-0.4, -0.2) is 19.1 Å². The molecular weight excluding hydrogens is 357 g/mol. The van der Waals surface area contributed by atoms with Gasteiger partial charge in [0.25, 0.3) is 5.91 Å². The predicted molar refractivity (Wildman–Crippen MR) is 70.7 cm³/mol. The zero-order valence-electron chi connectivity index (χ0n) is 8.80. The van der Waals surface area contributed by atoms with Crippen LogP contribution in [0.2, 0.25) is 0 Å². The van der Waals surface area contributed by atoms with Gasteiger partial charge in [0.1, 0.15) is 11.6 Å². The molecule has 0 bridgehead atoms. The molecule has 1 aromatic carbocycles. The second kappa shape index (κ2) is 6.76. The standard InChI is InChI=1S/C11H10Br2FNO2/c1-7(12)5-15-11(16)6-17-10-3-2-8(14)4-9(10)13/h2-4H,1,5-6H2,(H,15,16). The second-order valence-electron chi connectivity index (χ2n) is 3.16. The summed E-state index contributed by atoms with van der Waals surface area (Å²) in [6.45, 7) is 3.79. The monoisotopic (exact) mass is 365 g/mol. The highest BCUT2D eigenvalue weighted by Gasteiger charge is 2.06. The van der Waals surface area contributed by atoms with Crippen molar-refractivity contribution in [2.45, 2.75) is 0 Å². The maximum Gasteiger partial charge on any atom is 0.258 e. The molecule has 0 aliphatic carbocycles. The molecule has 0 saturated heterocycles. The van der Waals surface area contributed by atoms with Gasteiger partial charge in [0.15, 0.2) is 6.61 Å². The van der Waals surface area contributed by atoms with Crippen LogP contribution in [0.3, 0.4) is 0 Å². The van der Waals surface area contributed by atoms with Crippen LogP contribution in [0.5, 0.6) is 5.75 Å². The number of ether oxygens (including phenoxy) is 1. The van der Waals surface area contributed by atoms with E-state index in [2.05, 4.69) is 43.8 Å². The van der Waals surface area contributed by atoms with E-state index in [0.717, 1.165) is 0 Å². The Kier molecular flexibility index (Phi) is 5.64. The van der Waals surface area contributed by atoms with E-state index in [1.54, 1.807) is 0 Å². The number of hydrogen-bond acceptors (Lipinski definition) is 2. The molecule has 0 spiro atoms. The maximum atomic E-state index is 12.8. The molecule has 0 aliphatic heterocycles. The third kappa shape index (κ3) is 5.32. The van der Waals surface area contributed by atoms with E-state index in [-0.39, 0.29) is 18.3 Å². The van der Waals surface area contributed by atoms with Crippen molar-refractivity contribution in [2.75, 3.05) is 13.2 Å². The van der Waals surface area contributed by atoms with E-state index in [1.165, 1.54) is 18.2 Å². The fourth-order valence-corrected chi connectivity index (χ4v) is 1.59. The first-order chi connectivity index (χ1) is 7.99. The van der Waals surface area contributed by atoms with Crippen LogP contribution in [0.4, 0.5) is 4.39 Å². The van der Waals surface area contributed by atoms with Crippen LogP contribution < -0.4 is 10.1 Å². The van der Waals surface area contributed by atoms with Crippen molar-refractivity contribution in [1.82, 2.24) is 5.32 Å². The molecule has 1 aromatic rings. The van der Waals surface area contributed by atoms with Crippen LogP contribution in [0.25, 0.3) is 0 Å². The fraction of sp³-hybridized carbons (Fsp3) is 0.182. The van der Waals surface area contributed by atoms with E-state index in [0.29, 0.717) is 21.2 Å². The molecule has 0 heterocycles. The van der Waals surface area contributed by atoms with Crippen molar-refractivity contribution in [2.24, 2.45) is 0 Å². The number of benzene rings is 1. The summed E-state index contributed by atoms with van der Waals surface area (Å²) in [7, 11) is 0. The van der Waals surface area contributed by atoms with Crippen molar-refractivity contribution in [1.29, 1.82) is 0 Å². The van der Waals surface area contributed by atoms with Gasteiger partial charge in [-0.1, -0.05) is 22.5 Å². The van der Waals surface area contributed by atoms with Gasteiger partial charge in [-0.05, 0) is 34.1 Å². The molecule has 0 atom stereocenters. The number of halogens is 3. The third-order valence-corrected chi connectivity index (χ3v) is 2.63. The fourth-order valence-electron chi connectivity index (χ4n) is 0.981. The predicted octanol–water partition coefficient (Wildman–Crippen LogP) is 2.99. The van der Waals surface area contributed by atoms with Gasteiger partial charge in [0.05, 0.1) is 4.47 Å². The van der Waals surface area contributed by atoms with Crippen molar-refractivity contribution in [3.63, 3.8) is 0 Å². The van der Waals surface area contributed by atoms with Crippen LogP contribution in [0, 0.1) is 5.82 Å². The van der Waals surface area contributed by atoms with Crippen molar-refractivity contribution < 1.29 is 13.9 Å². The quantitative estimate of drug-likeness (QED) is 0.869. The number of nitrogens with one attached hydrogen (secondary N) is 1. The average Bonchev–Trinajstić information content (AvgIpc) is 2.25. The maximum absolute atomic E-state index is 12.8. The van der Waals surface area contributed by atoms with Gasteiger partial charge < -0.3 is 10.1 Å². The number of carbonyl (C=O) groups is 1. The highest BCUT2D eigenvalue weighted by Crippen LogP contribution is 2.25. The molecule has 0 aliphatic rings. The molecule has 3 nitrogen and oxygen atoms in total. The van der Waals surface area contributed by atoms with E-state index < -0.39 is 0 Å². The van der Waals surface area contributed by atoms with Gasteiger partial charge in [-0.3, -0.25) is 4.79 Å². The first-order valence-corrected chi connectivity index (χ1v) is 6.25. The largest absolute Gasteiger partial charge is 0.483 e. The molecule has 0 radical (unpaired) electrons. The molecule has 0 aromatic heterocycles. The molecule has 0 unspecified atom stereocenters. The summed E-state index contributed by atoms with van der Waals surface area (Å²) in [6, 6.07) is 3.99. The Morgan fingerprint density at radius 2 is 2.24 bits per heavy atom. The van der Waals surface area contributed by atoms with E-state index in [4.69, 9.17) is 4.74 Å². The Balaban J connectivity index is 2.44. The number of carbonyl (C=O) groups excluding carboxylic acids is 1. The van der Waals surface area contributed by atoms with Crippen LogP contribution >= 0.6 is 31.9 Å². The summed E-state index contributed by atoms with van der Waals surface area (Å²) in [5.41, 5.74) is 0. The Morgan fingerprint density at radius 1 is 1.53 bits per heavy atom. The van der Waals surface area contributed by atoms with E-state index in [9.17, 15) is 9.18 Å². The molecule has 92 valence electrons. The van der Waals surface area contributed by atoms with Gasteiger partial charge in [-0.25, -0.2) is 4.39 Å². The lowest BCUT2D eigenvalue weighted by atomic mass is 10.3. The topological polar surface area (TPSA) is 38.3 Å². The van der Waals surface area contributed by atoms with Crippen molar-refractivity contribution in [3.05, 3.63) is 39.6 Å². The number of rotatable bonds is 5. The van der Waals surface area contributed by atoms with Gasteiger partial charge in [0.2, 0.25) is 0 Å². The summed E-state index contributed by atoms with van der Waals surface area (Å²) in [5.74, 6) is -0.231. The Labute approximate surface area is 115 Å². The number of hydrogen-bond donors (Lipinski definition) is 1. The summed E-state index contributed by atoms with van der Waals surface area (Å²) >= 11 is 6.26. The van der Waals surface area contributed by atoms with Gasteiger partial charge in [-0.15, -0.1) is 0 Å². The smallest absolute Gasteiger partial charge is 0.258 e. The summed E-state index contributed by atoms with van der Waals surface area (Å²) in [4.78, 5) is 11.3. The van der Waals surface area contributed by atoms with Crippen LogP contribution in [0.1, 0.15) is 0 Å². The zero-order chi connectivity index (χ0) is 12.8. The molecular formula is C11H10Br2FNO2. The number of amides is 1. The Morgan fingerprint density at radius 3 is 2.82 bits per heavy atom. The molecule has 1 amide bonds.